The smallest absolute Gasteiger partial charge is 0.0563 e. The molecule has 4 rings (SSSR count). The summed E-state index contributed by atoms with van der Waals surface area (Å²) in [6.07, 6.45) is 5.22. The lowest BCUT2D eigenvalue weighted by Gasteiger charge is -2.18. The quantitative estimate of drug-likeness (QED) is 0.532. The monoisotopic (exact) mass is 306 g/mol. The molecule has 0 heterocycles. The average Bonchev–Trinajstić information content (AvgIpc) is 2.52. The second-order valence-electron chi connectivity index (χ2n) is 7.46. The van der Waals surface area contributed by atoms with Crippen molar-refractivity contribution in [1.82, 2.24) is 0 Å². The second kappa shape index (κ2) is 6.33. The van der Waals surface area contributed by atoms with E-state index in [0.717, 1.165) is 0 Å². The van der Waals surface area contributed by atoms with Crippen LogP contribution in [0.4, 0.5) is 0 Å². The van der Waals surface area contributed by atoms with Gasteiger partial charge in [-0.2, -0.15) is 0 Å². The molecule has 0 unspecified atom stereocenters. The van der Waals surface area contributed by atoms with Gasteiger partial charge in [-0.1, -0.05) is 48.5 Å². The highest BCUT2D eigenvalue weighted by molar-refractivity contribution is 6.08. The number of benzene rings is 3. The summed E-state index contributed by atoms with van der Waals surface area (Å²) in [4.78, 5) is 0. The zero-order chi connectivity index (χ0) is 16.4. The van der Waals surface area contributed by atoms with E-state index in [-0.39, 0.29) is 0 Å². The van der Waals surface area contributed by atoms with Gasteiger partial charge in [0.05, 0.1) is 5.60 Å². The van der Waals surface area contributed by atoms with Gasteiger partial charge in [0.2, 0.25) is 0 Å². The van der Waals surface area contributed by atoms with Crippen LogP contribution in [0.5, 0.6) is 0 Å². The molecule has 0 atom stereocenters. The Labute approximate surface area is 139 Å². The zero-order valence-corrected chi connectivity index (χ0v) is 14.4. The third kappa shape index (κ3) is 3.73. The predicted molar refractivity (Wildman–Crippen MR) is 100 cm³/mol. The van der Waals surface area contributed by atoms with E-state index in [4.69, 9.17) is 5.11 Å². The molecular formula is C22H26O. The van der Waals surface area contributed by atoms with E-state index in [1.807, 2.05) is 0 Å². The summed E-state index contributed by atoms with van der Waals surface area (Å²) in [7, 11) is 0. The highest BCUT2D eigenvalue weighted by Gasteiger charge is 2.13. The molecule has 3 aromatic carbocycles. The van der Waals surface area contributed by atoms with Crippen LogP contribution in [0.25, 0.3) is 21.5 Å². The normalized spacial score (nSPS) is 14.3. The number of aliphatic hydroxyl groups is 1. The Hall–Kier alpha value is -1.86. The van der Waals surface area contributed by atoms with Crippen LogP contribution in [0.2, 0.25) is 0 Å². The van der Waals surface area contributed by atoms with Gasteiger partial charge in [0.15, 0.2) is 0 Å². The largest absolute Gasteiger partial charge is 0.391 e. The van der Waals surface area contributed by atoms with Crippen LogP contribution in [0.15, 0.2) is 48.5 Å². The van der Waals surface area contributed by atoms with Crippen LogP contribution in [0, 0.1) is 0 Å². The summed E-state index contributed by atoms with van der Waals surface area (Å²) >= 11 is 0. The van der Waals surface area contributed by atoms with Crippen molar-refractivity contribution in [3.8, 4) is 0 Å². The molecule has 0 radical (unpaired) electrons. The fourth-order valence-electron chi connectivity index (χ4n) is 3.34. The zero-order valence-electron chi connectivity index (χ0n) is 14.4. The van der Waals surface area contributed by atoms with Gasteiger partial charge in [-0.3, -0.25) is 0 Å². The maximum absolute atomic E-state index is 8.52. The molecule has 1 N–H and O–H groups in total. The summed E-state index contributed by atoms with van der Waals surface area (Å²) in [5.74, 6) is 0. The third-order valence-corrected chi connectivity index (χ3v) is 4.26. The number of aryl methyl sites for hydroxylation is 2. The van der Waals surface area contributed by atoms with E-state index in [0.29, 0.717) is 0 Å². The molecule has 0 spiro atoms. The molecule has 23 heavy (non-hydrogen) atoms. The van der Waals surface area contributed by atoms with Gasteiger partial charge < -0.3 is 5.11 Å². The first-order valence-corrected chi connectivity index (χ1v) is 8.58. The lowest BCUT2D eigenvalue weighted by molar-refractivity contribution is 0.102. The van der Waals surface area contributed by atoms with Gasteiger partial charge >= 0.3 is 0 Å². The van der Waals surface area contributed by atoms with E-state index in [1.54, 1.807) is 31.9 Å². The Morgan fingerprint density at radius 1 is 0.739 bits per heavy atom. The Morgan fingerprint density at radius 2 is 1.39 bits per heavy atom. The van der Waals surface area contributed by atoms with Crippen molar-refractivity contribution in [1.29, 1.82) is 0 Å². The predicted octanol–water partition coefficient (Wildman–Crippen LogP) is 5.65. The van der Waals surface area contributed by atoms with E-state index in [9.17, 15) is 0 Å². The summed E-state index contributed by atoms with van der Waals surface area (Å²) < 4.78 is 0. The van der Waals surface area contributed by atoms with Crippen LogP contribution < -0.4 is 0 Å². The maximum Gasteiger partial charge on any atom is 0.0563 e. The summed E-state index contributed by atoms with van der Waals surface area (Å²) in [6, 6.07) is 18.0. The fraction of sp³-hybridized carbons (Fsp3) is 0.364. The molecule has 1 aliphatic rings. The van der Waals surface area contributed by atoms with Crippen molar-refractivity contribution in [2.75, 3.05) is 0 Å². The first-order valence-electron chi connectivity index (χ1n) is 8.58. The highest BCUT2D eigenvalue weighted by Crippen LogP contribution is 2.33. The lowest BCUT2D eigenvalue weighted by Crippen LogP contribution is -2.10. The van der Waals surface area contributed by atoms with Crippen LogP contribution >= 0.6 is 0 Å². The van der Waals surface area contributed by atoms with E-state index < -0.39 is 5.60 Å². The Bertz CT molecular complexity index is 818. The van der Waals surface area contributed by atoms with Crippen molar-refractivity contribution in [2.24, 2.45) is 0 Å². The van der Waals surface area contributed by atoms with Gasteiger partial charge in [-0.25, -0.2) is 0 Å². The van der Waals surface area contributed by atoms with Gasteiger partial charge in [0, 0.05) is 0 Å². The standard InChI is InChI=1S/C18H16.C4H10O/c1-3-7-15-13(5-1)9-11-18-16-8-4-2-6-14(16)10-12-17(15)18;1-4(2,3)5/h1,3,5,7,9-12H,2,4,6,8H2;5H,1-3H3. The minimum atomic E-state index is -0.500. The van der Waals surface area contributed by atoms with E-state index in [1.165, 1.54) is 47.2 Å². The first-order chi connectivity index (χ1) is 10.9. The van der Waals surface area contributed by atoms with Crippen LogP contribution in [-0.4, -0.2) is 10.7 Å². The first kappa shape index (κ1) is 16.0. The lowest BCUT2D eigenvalue weighted by atomic mass is 9.86. The van der Waals surface area contributed by atoms with Gasteiger partial charge in [-0.15, -0.1) is 0 Å². The Morgan fingerprint density at radius 3 is 2.17 bits per heavy atom. The second-order valence-corrected chi connectivity index (χ2v) is 7.46. The van der Waals surface area contributed by atoms with E-state index >= 15 is 0 Å². The highest BCUT2D eigenvalue weighted by atomic mass is 16.3. The SMILES string of the molecule is CC(C)(C)O.c1ccc2c(c1)ccc1c3c(ccc12)CCCC3. The molecule has 0 fully saturated rings. The topological polar surface area (TPSA) is 20.2 Å². The molecule has 0 aliphatic heterocycles. The van der Waals surface area contributed by atoms with Crippen molar-refractivity contribution in [3.05, 3.63) is 59.7 Å². The average molecular weight is 306 g/mol. The molecule has 0 saturated heterocycles. The van der Waals surface area contributed by atoms with Gasteiger partial charge in [-0.05, 0) is 79.1 Å². The van der Waals surface area contributed by atoms with Crippen LogP contribution in [0.3, 0.4) is 0 Å². The van der Waals surface area contributed by atoms with Crippen molar-refractivity contribution in [2.45, 2.75) is 52.1 Å². The molecule has 1 nitrogen and oxygen atoms in total. The maximum atomic E-state index is 8.52. The van der Waals surface area contributed by atoms with Crippen LogP contribution in [0.1, 0.15) is 44.7 Å². The molecule has 0 aromatic heterocycles. The van der Waals surface area contributed by atoms with Crippen molar-refractivity contribution >= 4 is 21.5 Å². The van der Waals surface area contributed by atoms with Gasteiger partial charge in [0.25, 0.3) is 0 Å². The number of rotatable bonds is 0. The summed E-state index contributed by atoms with van der Waals surface area (Å²) in [5.41, 5.74) is 2.67. The molecule has 0 saturated carbocycles. The number of hydrogen-bond acceptors (Lipinski definition) is 1. The minimum absolute atomic E-state index is 0.500. The van der Waals surface area contributed by atoms with Crippen molar-refractivity contribution < 1.29 is 5.11 Å². The van der Waals surface area contributed by atoms with E-state index in [2.05, 4.69) is 48.5 Å². The Balaban J connectivity index is 0.000000276. The molecule has 1 heteroatoms. The molecular weight excluding hydrogens is 280 g/mol. The third-order valence-electron chi connectivity index (χ3n) is 4.26. The molecule has 1 aliphatic carbocycles. The number of hydrogen-bond donors (Lipinski definition) is 1. The number of fused-ring (bicyclic) bond motifs is 5. The summed E-state index contributed by atoms with van der Waals surface area (Å²) in [6.45, 7) is 5.23. The van der Waals surface area contributed by atoms with Crippen LogP contribution in [-0.2, 0) is 12.8 Å². The molecule has 0 amide bonds. The summed E-state index contributed by atoms with van der Waals surface area (Å²) in [5, 5.41) is 14.2. The Kier molecular flexibility index (Phi) is 4.41. The van der Waals surface area contributed by atoms with Gasteiger partial charge in [0.1, 0.15) is 0 Å². The fourth-order valence-corrected chi connectivity index (χ4v) is 3.34. The minimum Gasteiger partial charge on any atom is -0.391 e. The molecule has 3 aromatic rings. The van der Waals surface area contributed by atoms with Crippen molar-refractivity contribution in [3.63, 3.8) is 0 Å². The molecule has 120 valence electrons. The molecule has 0 bridgehead atoms.